The number of amides is 1. The zero-order valence-electron chi connectivity index (χ0n) is 10.5. The van der Waals surface area contributed by atoms with Crippen LogP contribution >= 0.6 is 22.7 Å². The van der Waals surface area contributed by atoms with Crippen LogP contribution in [0.1, 0.15) is 27.2 Å². The Hall–Kier alpha value is -1.79. The molecule has 0 unspecified atom stereocenters. The number of carbonyl (C=O) groups excluding carboxylic acids is 2. The number of hydrogen-bond acceptors (Lipinski definition) is 5. The van der Waals surface area contributed by atoms with Crippen LogP contribution in [0.25, 0.3) is 6.08 Å². The van der Waals surface area contributed by atoms with E-state index >= 15 is 0 Å². The molecule has 0 bridgehead atoms. The van der Waals surface area contributed by atoms with Crippen molar-refractivity contribution in [3.63, 3.8) is 0 Å². The molecular formula is C13H12N2O2S2. The van der Waals surface area contributed by atoms with E-state index in [0.29, 0.717) is 15.7 Å². The largest absolute Gasteiger partial charge is 0.298 e. The number of thiazole rings is 1. The fourth-order valence-electron chi connectivity index (χ4n) is 1.47. The molecule has 19 heavy (non-hydrogen) atoms. The maximum Gasteiger partial charge on any atom is 0.250 e. The molecule has 6 heteroatoms. The maximum atomic E-state index is 11.7. The molecule has 2 rings (SSSR count). The van der Waals surface area contributed by atoms with E-state index in [1.807, 2.05) is 17.5 Å². The topological polar surface area (TPSA) is 59.1 Å². The molecule has 0 atom stereocenters. The smallest absolute Gasteiger partial charge is 0.250 e. The highest BCUT2D eigenvalue weighted by atomic mass is 32.1. The van der Waals surface area contributed by atoms with Gasteiger partial charge in [0, 0.05) is 17.9 Å². The minimum Gasteiger partial charge on any atom is -0.298 e. The predicted molar refractivity (Wildman–Crippen MR) is 78.8 cm³/mol. The lowest BCUT2D eigenvalue weighted by Crippen LogP contribution is -2.07. The molecule has 2 aromatic rings. The normalized spacial score (nSPS) is 10.8. The van der Waals surface area contributed by atoms with Crippen molar-refractivity contribution in [1.82, 2.24) is 4.98 Å². The van der Waals surface area contributed by atoms with Gasteiger partial charge in [-0.25, -0.2) is 4.98 Å². The molecule has 0 spiro atoms. The number of aromatic nitrogens is 1. The SMILES string of the molecule is CC(=O)c1sc(NC(=O)C=Cc2cccs2)nc1C. The minimum atomic E-state index is -0.253. The van der Waals surface area contributed by atoms with Gasteiger partial charge in [0.15, 0.2) is 10.9 Å². The molecule has 1 amide bonds. The summed E-state index contributed by atoms with van der Waals surface area (Å²) in [5.41, 5.74) is 0.648. The van der Waals surface area contributed by atoms with Crippen LogP contribution in [0.4, 0.5) is 5.13 Å². The van der Waals surface area contributed by atoms with Crippen molar-refractivity contribution < 1.29 is 9.59 Å². The van der Waals surface area contributed by atoms with Crippen molar-refractivity contribution in [3.8, 4) is 0 Å². The van der Waals surface area contributed by atoms with Crippen LogP contribution in [0.15, 0.2) is 23.6 Å². The molecule has 1 N–H and O–H groups in total. The highest BCUT2D eigenvalue weighted by molar-refractivity contribution is 7.17. The number of rotatable bonds is 4. The van der Waals surface area contributed by atoms with Crippen LogP contribution in [-0.4, -0.2) is 16.7 Å². The Bertz CT molecular complexity index is 627. The van der Waals surface area contributed by atoms with Crippen molar-refractivity contribution >= 4 is 45.6 Å². The molecule has 0 fully saturated rings. The van der Waals surface area contributed by atoms with Crippen LogP contribution in [0, 0.1) is 6.92 Å². The summed E-state index contributed by atoms with van der Waals surface area (Å²) in [4.78, 5) is 28.7. The van der Waals surface area contributed by atoms with Crippen molar-refractivity contribution in [3.05, 3.63) is 39.0 Å². The first-order valence-electron chi connectivity index (χ1n) is 5.57. The summed E-state index contributed by atoms with van der Waals surface area (Å²) in [5, 5.41) is 5.05. The number of aryl methyl sites for hydroxylation is 1. The molecule has 0 aliphatic carbocycles. The molecule has 0 radical (unpaired) electrons. The second-order valence-corrected chi connectivity index (χ2v) is 5.81. The van der Waals surface area contributed by atoms with E-state index in [1.165, 1.54) is 24.3 Å². The van der Waals surface area contributed by atoms with Crippen molar-refractivity contribution in [2.45, 2.75) is 13.8 Å². The van der Waals surface area contributed by atoms with Gasteiger partial charge in [-0.3, -0.25) is 14.9 Å². The fourth-order valence-corrected chi connectivity index (χ4v) is 2.95. The van der Waals surface area contributed by atoms with Gasteiger partial charge in [-0.1, -0.05) is 17.4 Å². The second kappa shape index (κ2) is 5.90. The lowest BCUT2D eigenvalue weighted by molar-refractivity contribution is -0.111. The molecule has 0 aliphatic rings. The lowest BCUT2D eigenvalue weighted by atomic mass is 10.3. The number of Topliss-reactive ketones (excluding diaryl/α,β-unsaturated/α-hetero) is 1. The number of thiophene rings is 1. The van der Waals surface area contributed by atoms with Gasteiger partial charge in [0.2, 0.25) is 5.91 Å². The Kier molecular flexibility index (Phi) is 4.24. The highest BCUT2D eigenvalue weighted by Crippen LogP contribution is 2.22. The summed E-state index contributed by atoms with van der Waals surface area (Å²) in [6.45, 7) is 3.24. The zero-order valence-corrected chi connectivity index (χ0v) is 12.1. The van der Waals surface area contributed by atoms with E-state index in [2.05, 4.69) is 10.3 Å². The molecule has 4 nitrogen and oxygen atoms in total. The van der Waals surface area contributed by atoms with Crippen LogP contribution in [0.3, 0.4) is 0 Å². The Morgan fingerprint density at radius 3 is 2.79 bits per heavy atom. The number of carbonyl (C=O) groups is 2. The number of anilines is 1. The van der Waals surface area contributed by atoms with Crippen LogP contribution in [0.5, 0.6) is 0 Å². The predicted octanol–water partition coefficient (Wildman–Crippen LogP) is 3.37. The summed E-state index contributed by atoms with van der Waals surface area (Å²) in [7, 11) is 0. The quantitative estimate of drug-likeness (QED) is 0.694. The number of hydrogen-bond donors (Lipinski definition) is 1. The first-order valence-corrected chi connectivity index (χ1v) is 7.27. The number of nitrogens with one attached hydrogen (secondary N) is 1. The maximum absolute atomic E-state index is 11.7. The summed E-state index contributed by atoms with van der Waals surface area (Å²) in [6, 6.07) is 3.85. The molecule has 98 valence electrons. The standard InChI is InChI=1S/C13H12N2O2S2/c1-8-12(9(2)16)19-13(14-8)15-11(17)6-5-10-4-3-7-18-10/h3-7H,1-2H3,(H,14,15,17). The van der Waals surface area contributed by atoms with Gasteiger partial charge < -0.3 is 0 Å². The van der Waals surface area contributed by atoms with E-state index in [-0.39, 0.29) is 11.7 Å². The van der Waals surface area contributed by atoms with Crippen LogP contribution in [-0.2, 0) is 4.79 Å². The third-order valence-corrected chi connectivity index (χ3v) is 4.30. The van der Waals surface area contributed by atoms with Gasteiger partial charge in [-0.15, -0.1) is 11.3 Å². The lowest BCUT2D eigenvalue weighted by Gasteiger charge is -1.94. The van der Waals surface area contributed by atoms with Crippen molar-refractivity contribution in [1.29, 1.82) is 0 Å². The van der Waals surface area contributed by atoms with E-state index in [0.717, 1.165) is 4.88 Å². The summed E-state index contributed by atoms with van der Waals surface area (Å²) < 4.78 is 0. The number of ketones is 1. The average molecular weight is 292 g/mol. The third-order valence-electron chi connectivity index (χ3n) is 2.29. The van der Waals surface area contributed by atoms with E-state index in [1.54, 1.807) is 24.3 Å². The van der Waals surface area contributed by atoms with Crippen LogP contribution < -0.4 is 5.32 Å². The first-order chi connectivity index (χ1) is 9.06. The molecule has 2 heterocycles. The Balaban J connectivity index is 2.03. The van der Waals surface area contributed by atoms with Crippen molar-refractivity contribution in [2.24, 2.45) is 0 Å². The van der Waals surface area contributed by atoms with Gasteiger partial charge in [0.25, 0.3) is 0 Å². The Morgan fingerprint density at radius 2 is 2.21 bits per heavy atom. The summed E-state index contributed by atoms with van der Waals surface area (Å²) in [6.07, 6.45) is 3.20. The average Bonchev–Trinajstić information content (AvgIpc) is 2.96. The van der Waals surface area contributed by atoms with E-state index in [4.69, 9.17) is 0 Å². The van der Waals surface area contributed by atoms with Gasteiger partial charge in [0.05, 0.1) is 10.6 Å². The molecule has 0 aliphatic heterocycles. The zero-order chi connectivity index (χ0) is 13.8. The summed E-state index contributed by atoms with van der Waals surface area (Å²) in [5.74, 6) is -0.290. The number of nitrogens with zero attached hydrogens (tertiary/aromatic N) is 1. The molecule has 0 aromatic carbocycles. The third kappa shape index (κ3) is 3.59. The molecular weight excluding hydrogens is 280 g/mol. The first kappa shape index (κ1) is 13.6. The Morgan fingerprint density at radius 1 is 1.42 bits per heavy atom. The minimum absolute atomic E-state index is 0.0374. The fraction of sp³-hybridized carbons (Fsp3) is 0.154. The van der Waals surface area contributed by atoms with Gasteiger partial charge in [-0.05, 0) is 24.4 Å². The Labute approximate surface area is 118 Å². The van der Waals surface area contributed by atoms with Gasteiger partial charge >= 0.3 is 0 Å². The monoisotopic (exact) mass is 292 g/mol. The molecule has 2 aromatic heterocycles. The second-order valence-electron chi connectivity index (χ2n) is 3.83. The highest BCUT2D eigenvalue weighted by Gasteiger charge is 2.12. The molecule has 0 saturated carbocycles. The van der Waals surface area contributed by atoms with Gasteiger partial charge in [0.1, 0.15) is 0 Å². The van der Waals surface area contributed by atoms with Crippen LogP contribution in [0.2, 0.25) is 0 Å². The summed E-state index contributed by atoms with van der Waals surface area (Å²) >= 11 is 2.75. The van der Waals surface area contributed by atoms with Gasteiger partial charge in [-0.2, -0.15) is 0 Å². The van der Waals surface area contributed by atoms with E-state index < -0.39 is 0 Å². The molecule has 0 saturated heterocycles. The van der Waals surface area contributed by atoms with E-state index in [9.17, 15) is 9.59 Å². The van der Waals surface area contributed by atoms with Crippen molar-refractivity contribution in [2.75, 3.05) is 5.32 Å².